The van der Waals surface area contributed by atoms with Crippen LogP contribution in [0.3, 0.4) is 0 Å². The number of hydrogen-bond acceptors (Lipinski definition) is 5. The van der Waals surface area contributed by atoms with Gasteiger partial charge in [0, 0.05) is 12.5 Å². The molecule has 0 fully saturated rings. The molecule has 41 heavy (non-hydrogen) atoms. The molecule has 0 spiro atoms. The van der Waals surface area contributed by atoms with Crippen molar-refractivity contribution in [1.82, 2.24) is 0 Å². The number of esters is 2. The summed E-state index contributed by atoms with van der Waals surface area (Å²) in [5.41, 5.74) is -0.00946. The predicted octanol–water partition coefficient (Wildman–Crippen LogP) is 9.19. The minimum atomic E-state index is -4.25. The van der Waals surface area contributed by atoms with Crippen LogP contribution in [-0.2, 0) is 19.1 Å². The molecular formula is C33H51F3O5. The van der Waals surface area contributed by atoms with Gasteiger partial charge in [0.05, 0.1) is 25.2 Å². The number of carbonyl (C=O) groups excluding carboxylic acids is 2. The zero-order valence-electron chi connectivity index (χ0n) is 26.3. The third-order valence-electron chi connectivity index (χ3n) is 8.16. The van der Waals surface area contributed by atoms with E-state index < -0.39 is 24.0 Å². The van der Waals surface area contributed by atoms with Gasteiger partial charge in [0.25, 0.3) is 0 Å². The molecule has 0 aliphatic rings. The highest BCUT2D eigenvalue weighted by atomic mass is 19.4. The SMILES string of the molecule is CC(C)C(C)(C)CC(C)(C(=O)OCCCCCCOc1ccc(/C=C/C(=O)OCCCC(F)(F)F)cc1)C(C)(C)C. The molecule has 8 heteroatoms. The Labute approximate surface area is 245 Å². The van der Waals surface area contributed by atoms with Gasteiger partial charge in [-0.1, -0.05) is 60.6 Å². The van der Waals surface area contributed by atoms with Crippen molar-refractivity contribution in [2.75, 3.05) is 19.8 Å². The molecule has 0 bridgehead atoms. The van der Waals surface area contributed by atoms with E-state index in [4.69, 9.17) is 14.2 Å². The highest BCUT2D eigenvalue weighted by molar-refractivity contribution is 5.87. The molecule has 1 atom stereocenters. The summed E-state index contributed by atoms with van der Waals surface area (Å²) in [6.45, 7) is 17.9. The minimum absolute atomic E-state index is 0.0244. The van der Waals surface area contributed by atoms with Crippen LogP contribution in [0.5, 0.6) is 5.75 Å². The smallest absolute Gasteiger partial charge is 0.389 e. The van der Waals surface area contributed by atoms with E-state index in [0.29, 0.717) is 24.9 Å². The summed E-state index contributed by atoms with van der Waals surface area (Å²) in [6, 6.07) is 7.15. The van der Waals surface area contributed by atoms with Crippen LogP contribution in [0.4, 0.5) is 13.2 Å². The summed E-state index contributed by atoms with van der Waals surface area (Å²) in [7, 11) is 0. The Kier molecular flexibility index (Phi) is 14.4. The second kappa shape index (κ2) is 16.2. The van der Waals surface area contributed by atoms with Gasteiger partial charge in [0.15, 0.2) is 0 Å². The summed E-state index contributed by atoms with van der Waals surface area (Å²) in [5, 5.41) is 0. The van der Waals surface area contributed by atoms with Crippen LogP contribution in [0.25, 0.3) is 6.08 Å². The van der Waals surface area contributed by atoms with Crippen LogP contribution >= 0.6 is 0 Å². The fourth-order valence-corrected chi connectivity index (χ4v) is 4.16. The van der Waals surface area contributed by atoms with Crippen LogP contribution < -0.4 is 4.74 Å². The van der Waals surface area contributed by atoms with Crippen LogP contribution in [0.1, 0.15) is 106 Å². The zero-order chi connectivity index (χ0) is 31.3. The molecule has 1 aromatic carbocycles. The summed E-state index contributed by atoms with van der Waals surface area (Å²) in [5.74, 6) is 0.370. The average Bonchev–Trinajstić information content (AvgIpc) is 2.85. The number of unbranched alkanes of at least 4 members (excludes halogenated alkanes) is 3. The van der Waals surface area contributed by atoms with E-state index in [9.17, 15) is 22.8 Å². The van der Waals surface area contributed by atoms with Crippen molar-refractivity contribution in [2.45, 2.75) is 107 Å². The molecule has 234 valence electrons. The molecule has 0 aliphatic heterocycles. The maximum atomic E-state index is 13.2. The van der Waals surface area contributed by atoms with Crippen LogP contribution in [0.2, 0.25) is 0 Å². The quantitative estimate of drug-likeness (QED) is 0.104. The van der Waals surface area contributed by atoms with E-state index in [1.165, 1.54) is 12.2 Å². The third kappa shape index (κ3) is 13.8. The monoisotopic (exact) mass is 584 g/mol. The molecule has 1 rings (SSSR count). The fourth-order valence-electron chi connectivity index (χ4n) is 4.16. The Bertz CT molecular complexity index is 959. The van der Waals surface area contributed by atoms with Crippen LogP contribution in [-0.4, -0.2) is 37.9 Å². The lowest BCUT2D eigenvalue weighted by molar-refractivity contribution is -0.165. The molecule has 0 N–H and O–H groups in total. The van der Waals surface area contributed by atoms with Gasteiger partial charge in [-0.15, -0.1) is 0 Å². The fraction of sp³-hybridized carbons (Fsp3) is 0.697. The van der Waals surface area contributed by atoms with Crippen molar-refractivity contribution in [2.24, 2.45) is 22.2 Å². The molecule has 1 aromatic rings. The van der Waals surface area contributed by atoms with Crippen molar-refractivity contribution in [1.29, 1.82) is 0 Å². The molecule has 0 saturated heterocycles. The highest BCUT2D eigenvalue weighted by Gasteiger charge is 2.49. The van der Waals surface area contributed by atoms with Gasteiger partial charge in [0.1, 0.15) is 5.75 Å². The number of alkyl halides is 3. The lowest BCUT2D eigenvalue weighted by atomic mass is 9.59. The third-order valence-corrected chi connectivity index (χ3v) is 8.16. The number of hydrogen-bond donors (Lipinski definition) is 0. The summed E-state index contributed by atoms with van der Waals surface area (Å²) in [4.78, 5) is 24.8. The molecule has 0 heterocycles. The first-order chi connectivity index (χ1) is 18.9. The molecule has 0 saturated carbocycles. The number of ether oxygens (including phenoxy) is 3. The van der Waals surface area contributed by atoms with Gasteiger partial charge >= 0.3 is 18.1 Å². The van der Waals surface area contributed by atoms with E-state index in [0.717, 1.165) is 37.7 Å². The van der Waals surface area contributed by atoms with E-state index in [-0.39, 0.29) is 29.8 Å². The molecule has 0 aliphatic carbocycles. The van der Waals surface area contributed by atoms with Crippen molar-refractivity contribution < 1.29 is 37.0 Å². The number of halogens is 3. The number of benzene rings is 1. The molecule has 5 nitrogen and oxygen atoms in total. The predicted molar refractivity (Wildman–Crippen MR) is 157 cm³/mol. The zero-order valence-corrected chi connectivity index (χ0v) is 26.3. The molecule has 0 radical (unpaired) electrons. The van der Waals surface area contributed by atoms with E-state index in [1.54, 1.807) is 24.3 Å². The first kappa shape index (κ1) is 36.5. The van der Waals surface area contributed by atoms with Crippen molar-refractivity contribution in [3.05, 3.63) is 35.9 Å². The Morgan fingerprint density at radius 3 is 1.90 bits per heavy atom. The van der Waals surface area contributed by atoms with Crippen LogP contribution in [0, 0.1) is 22.2 Å². The lowest BCUT2D eigenvalue weighted by Gasteiger charge is -2.45. The Hall–Kier alpha value is -2.51. The number of carbonyl (C=O) groups is 2. The first-order valence-corrected chi connectivity index (χ1v) is 14.7. The maximum Gasteiger partial charge on any atom is 0.389 e. The Balaban J connectivity index is 2.31. The summed E-state index contributed by atoms with van der Waals surface area (Å²) in [6.07, 6.45) is 1.61. The molecule has 1 unspecified atom stereocenters. The van der Waals surface area contributed by atoms with Crippen molar-refractivity contribution >= 4 is 18.0 Å². The Morgan fingerprint density at radius 1 is 0.805 bits per heavy atom. The van der Waals surface area contributed by atoms with Gasteiger partial charge in [-0.25, -0.2) is 4.79 Å². The molecular weight excluding hydrogens is 533 g/mol. The number of rotatable bonds is 17. The summed E-state index contributed by atoms with van der Waals surface area (Å²) < 4.78 is 52.6. The van der Waals surface area contributed by atoms with Gasteiger partial charge < -0.3 is 14.2 Å². The Morgan fingerprint density at radius 2 is 1.37 bits per heavy atom. The van der Waals surface area contributed by atoms with Gasteiger partial charge in [-0.3, -0.25) is 4.79 Å². The first-order valence-electron chi connectivity index (χ1n) is 14.7. The standard InChI is InChI=1S/C33H51F3O5/c1-25(2)31(6,7)24-32(8,30(3,4)5)29(38)41-22-12-10-9-11-21-39-27-17-14-26(15-18-27)16-19-28(37)40-23-13-20-33(34,35)36/h14-19,25H,9-13,20-24H2,1-8H3/b19-16+. The largest absolute Gasteiger partial charge is 0.494 e. The normalized spacial score (nSPS) is 14.2. The van der Waals surface area contributed by atoms with Crippen LogP contribution in [0.15, 0.2) is 30.3 Å². The maximum absolute atomic E-state index is 13.2. The average molecular weight is 585 g/mol. The van der Waals surface area contributed by atoms with Gasteiger partial charge in [-0.05, 0) is 86.0 Å². The summed E-state index contributed by atoms with van der Waals surface area (Å²) >= 11 is 0. The topological polar surface area (TPSA) is 61.8 Å². The highest BCUT2D eigenvalue weighted by Crippen LogP contribution is 2.49. The van der Waals surface area contributed by atoms with E-state index in [2.05, 4.69) is 48.5 Å². The van der Waals surface area contributed by atoms with Gasteiger partial charge in [0.2, 0.25) is 0 Å². The lowest BCUT2D eigenvalue weighted by Crippen LogP contribution is -2.45. The van der Waals surface area contributed by atoms with Gasteiger partial charge in [-0.2, -0.15) is 13.2 Å². The van der Waals surface area contributed by atoms with E-state index >= 15 is 0 Å². The second-order valence-electron chi connectivity index (χ2n) is 13.1. The molecule has 0 aromatic heterocycles. The van der Waals surface area contributed by atoms with Crippen molar-refractivity contribution in [3.8, 4) is 5.75 Å². The molecule has 0 amide bonds. The second-order valence-corrected chi connectivity index (χ2v) is 13.1. The minimum Gasteiger partial charge on any atom is -0.494 e. The van der Waals surface area contributed by atoms with E-state index in [1.807, 2.05) is 6.92 Å². The van der Waals surface area contributed by atoms with Crippen molar-refractivity contribution in [3.63, 3.8) is 0 Å².